The van der Waals surface area contributed by atoms with Gasteiger partial charge in [0.05, 0.1) is 12.8 Å². The van der Waals surface area contributed by atoms with Crippen molar-refractivity contribution in [2.45, 2.75) is 19.8 Å². The SMILES string of the molecule is Cc1ccc(P(=O)(CCC(=O)O)CCC(=O)O)cc1. The van der Waals surface area contributed by atoms with Gasteiger partial charge in [0.15, 0.2) is 0 Å². The molecule has 0 amide bonds. The lowest BCUT2D eigenvalue weighted by Crippen LogP contribution is -2.15. The van der Waals surface area contributed by atoms with Gasteiger partial charge in [0.2, 0.25) is 0 Å². The second kappa shape index (κ2) is 6.53. The van der Waals surface area contributed by atoms with Crippen LogP contribution in [0.3, 0.4) is 0 Å². The predicted octanol–water partition coefficient (Wildman–Crippen LogP) is 1.93. The molecule has 1 aromatic rings. The summed E-state index contributed by atoms with van der Waals surface area (Å²) in [6.45, 7) is 1.89. The van der Waals surface area contributed by atoms with Crippen LogP contribution in [0.25, 0.3) is 0 Å². The Morgan fingerprint density at radius 3 is 1.79 bits per heavy atom. The number of aliphatic carboxylic acids is 2. The van der Waals surface area contributed by atoms with Crippen LogP contribution in [-0.2, 0) is 14.2 Å². The summed E-state index contributed by atoms with van der Waals surface area (Å²) in [5.74, 6) is -2.05. The van der Waals surface area contributed by atoms with Gasteiger partial charge in [0, 0.05) is 17.6 Å². The van der Waals surface area contributed by atoms with Gasteiger partial charge in [0.25, 0.3) is 0 Å². The molecular formula is C13H17O5P. The lowest BCUT2D eigenvalue weighted by Gasteiger charge is -2.17. The molecule has 0 saturated heterocycles. The summed E-state index contributed by atoms with van der Waals surface area (Å²) < 4.78 is 12.8. The molecule has 0 bridgehead atoms. The van der Waals surface area contributed by atoms with Crippen LogP contribution in [0.1, 0.15) is 18.4 Å². The molecule has 0 fully saturated rings. The van der Waals surface area contributed by atoms with Crippen molar-refractivity contribution < 1.29 is 24.4 Å². The summed E-state index contributed by atoms with van der Waals surface area (Å²) in [5, 5.41) is 18.0. The minimum atomic E-state index is -2.96. The van der Waals surface area contributed by atoms with E-state index in [0.717, 1.165) is 5.56 Å². The molecule has 19 heavy (non-hydrogen) atoms. The Hall–Kier alpha value is -1.61. The fourth-order valence-electron chi connectivity index (χ4n) is 1.74. The van der Waals surface area contributed by atoms with E-state index >= 15 is 0 Å². The average molecular weight is 284 g/mol. The highest BCUT2D eigenvalue weighted by molar-refractivity contribution is 7.71. The van der Waals surface area contributed by atoms with E-state index in [-0.39, 0.29) is 25.2 Å². The lowest BCUT2D eigenvalue weighted by atomic mass is 10.2. The Balaban J connectivity index is 2.96. The first-order valence-electron chi connectivity index (χ1n) is 5.92. The van der Waals surface area contributed by atoms with Crippen LogP contribution in [-0.4, -0.2) is 34.5 Å². The smallest absolute Gasteiger partial charge is 0.303 e. The highest BCUT2D eigenvalue weighted by atomic mass is 31.2. The standard InChI is InChI=1S/C13H17O5P/c1-10-2-4-11(5-3-10)19(18,8-6-12(14)15)9-7-13(16)17/h2-5H,6-9H2,1H3,(H,14,15)(H,16,17). The summed E-state index contributed by atoms with van der Waals surface area (Å²) in [6.07, 6.45) is -0.438. The van der Waals surface area contributed by atoms with Gasteiger partial charge in [-0.25, -0.2) is 0 Å². The van der Waals surface area contributed by atoms with E-state index in [1.54, 1.807) is 24.3 Å². The molecule has 1 rings (SSSR count). The first kappa shape index (κ1) is 15.4. The maximum absolute atomic E-state index is 12.8. The predicted molar refractivity (Wildman–Crippen MR) is 72.7 cm³/mol. The fraction of sp³-hybridized carbons (Fsp3) is 0.385. The van der Waals surface area contributed by atoms with E-state index in [0.29, 0.717) is 5.30 Å². The van der Waals surface area contributed by atoms with E-state index in [4.69, 9.17) is 10.2 Å². The first-order valence-corrected chi connectivity index (χ1v) is 8.00. The average Bonchev–Trinajstić information content (AvgIpc) is 2.35. The third kappa shape index (κ3) is 4.87. The van der Waals surface area contributed by atoms with Crippen LogP contribution in [0.15, 0.2) is 24.3 Å². The largest absolute Gasteiger partial charge is 0.481 e. The number of aryl methyl sites for hydroxylation is 1. The minimum Gasteiger partial charge on any atom is -0.481 e. The van der Waals surface area contributed by atoms with E-state index in [9.17, 15) is 14.2 Å². The molecule has 0 atom stereocenters. The Labute approximate surface area is 111 Å². The second-order valence-corrected chi connectivity index (χ2v) is 7.65. The number of rotatable bonds is 7. The molecule has 0 aliphatic rings. The van der Waals surface area contributed by atoms with Gasteiger partial charge in [-0.05, 0) is 6.92 Å². The van der Waals surface area contributed by atoms with Crippen LogP contribution in [0, 0.1) is 6.92 Å². The highest BCUT2D eigenvalue weighted by Crippen LogP contribution is 2.45. The summed E-state index contributed by atoms with van der Waals surface area (Å²) in [7, 11) is -2.96. The summed E-state index contributed by atoms with van der Waals surface area (Å²) >= 11 is 0. The summed E-state index contributed by atoms with van der Waals surface area (Å²) in [5.41, 5.74) is 1.01. The summed E-state index contributed by atoms with van der Waals surface area (Å²) in [4.78, 5) is 21.3. The highest BCUT2D eigenvalue weighted by Gasteiger charge is 2.26. The number of benzene rings is 1. The van der Waals surface area contributed by atoms with Crippen molar-refractivity contribution in [2.75, 3.05) is 12.3 Å². The number of carboxylic acid groups (broad SMARTS) is 2. The Kier molecular flexibility index (Phi) is 5.31. The zero-order chi connectivity index (χ0) is 14.5. The van der Waals surface area contributed by atoms with Gasteiger partial charge >= 0.3 is 11.9 Å². The minimum absolute atomic E-state index is 0.00132. The molecule has 0 aromatic heterocycles. The molecule has 0 saturated carbocycles. The molecule has 2 N–H and O–H groups in total. The third-order valence-corrected chi connectivity index (χ3v) is 6.01. The molecule has 0 aliphatic carbocycles. The van der Waals surface area contributed by atoms with Gasteiger partial charge in [0.1, 0.15) is 7.14 Å². The van der Waals surface area contributed by atoms with Crippen molar-refractivity contribution in [3.05, 3.63) is 29.8 Å². The molecule has 0 spiro atoms. The Morgan fingerprint density at radius 1 is 1.00 bits per heavy atom. The van der Waals surface area contributed by atoms with Gasteiger partial charge in [-0.2, -0.15) is 0 Å². The van der Waals surface area contributed by atoms with Crippen molar-refractivity contribution >= 4 is 24.4 Å². The van der Waals surface area contributed by atoms with Gasteiger partial charge in [-0.1, -0.05) is 29.8 Å². The van der Waals surface area contributed by atoms with E-state index in [2.05, 4.69) is 0 Å². The topological polar surface area (TPSA) is 91.7 Å². The van der Waals surface area contributed by atoms with Crippen molar-refractivity contribution in [3.8, 4) is 0 Å². The van der Waals surface area contributed by atoms with E-state index < -0.39 is 19.1 Å². The fourth-order valence-corrected chi connectivity index (χ4v) is 4.28. The van der Waals surface area contributed by atoms with Crippen LogP contribution < -0.4 is 5.30 Å². The van der Waals surface area contributed by atoms with Crippen LogP contribution in [0.5, 0.6) is 0 Å². The maximum Gasteiger partial charge on any atom is 0.303 e. The first-order chi connectivity index (χ1) is 8.83. The van der Waals surface area contributed by atoms with Gasteiger partial charge < -0.3 is 14.8 Å². The van der Waals surface area contributed by atoms with Crippen molar-refractivity contribution in [1.29, 1.82) is 0 Å². The molecule has 0 unspecified atom stereocenters. The molecule has 0 radical (unpaired) electrons. The quantitative estimate of drug-likeness (QED) is 0.746. The molecule has 104 valence electrons. The molecule has 5 nitrogen and oxygen atoms in total. The van der Waals surface area contributed by atoms with Crippen molar-refractivity contribution in [3.63, 3.8) is 0 Å². The van der Waals surface area contributed by atoms with Gasteiger partial charge in [-0.3, -0.25) is 9.59 Å². The lowest BCUT2D eigenvalue weighted by molar-refractivity contribution is -0.137. The monoisotopic (exact) mass is 284 g/mol. The molecular weight excluding hydrogens is 267 g/mol. The molecule has 6 heteroatoms. The summed E-state index contributed by atoms with van der Waals surface area (Å²) in [6, 6.07) is 6.98. The van der Waals surface area contributed by atoms with Crippen LogP contribution in [0.4, 0.5) is 0 Å². The number of hydrogen-bond acceptors (Lipinski definition) is 3. The van der Waals surface area contributed by atoms with Gasteiger partial charge in [-0.15, -0.1) is 0 Å². The zero-order valence-corrected chi connectivity index (χ0v) is 11.6. The maximum atomic E-state index is 12.8. The number of carboxylic acids is 2. The third-order valence-electron chi connectivity index (χ3n) is 2.88. The van der Waals surface area contributed by atoms with Crippen molar-refractivity contribution in [2.24, 2.45) is 0 Å². The Bertz CT molecular complexity index is 484. The molecule has 0 heterocycles. The normalized spacial score (nSPS) is 11.2. The van der Waals surface area contributed by atoms with E-state index in [1.165, 1.54) is 0 Å². The Morgan fingerprint density at radius 2 is 1.42 bits per heavy atom. The van der Waals surface area contributed by atoms with E-state index in [1.807, 2.05) is 6.92 Å². The van der Waals surface area contributed by atoms with Crippen molar-refractivity contribution in [1.82, 2.24) is 0 Å². The number of carbonyl (C=O) groups is 2. The zero-order valence-electron chi connectivity index (χ0n) is 10.7. The van der Waals surface area contributed by atoms with Crippen LogP contribution in [0.2, 0.25) is 0 Å². The van der Waals surface area contributed by atoms with Crippen LogP contribution >= 0.6 is 7.14 Å². The number of hydrogen-bond donors (Lipinski definition) is 2. The second-order valence-electron chi connectivity index (χ2n) is 4.46. The molecule has 0 aliphatic heterocycles. The molecule has 1 aromatic carbocycles.